The van der Waals surface area contributed by atoms with Crippen molar-refractivity contribution in [2.24, 2.45) is 0 Å². The zero-order valence-electron chi connectivity index (χ0n) is 20.9. The molecule has 4 aromatic rings. The number of amides is 2. The van der Waals surface area contributed by atoms with Crippen LogP contribution in [0.15, 0.2) is 67.1 Å². The number of benzene rings is 2. The lowest BCUT2D eigenvalue weighted by Gasteiger charge is -2.19. The predicted octanol–water partition coefficient (Wildman–Crippen LogP) is 3.38. The third-order valence-corrected chi connectivity index (χ3v) is 6.24. The number of anilines is 1. The highest BCUT2D eigenvalue weighted by atomic mass is 16.3. The van der Waals surface area contributed by atoms with Crippen LogP contribution >= 0.6 is 0 Å². The highest BCUT2D eigenvalue weighted by molar-refractivity contribution is 6.06. The summed E-state index contributed by atoms with van der Waals surface area (Å²) in [6.07, 6.45) is 4.06. The largest absolute Gasteiger partial charge is 0.395 e. The lowest BCUT2D eigenvalue weighted by molar-refractivity contribution is 0.0942. The second-order valence-electron chi connectivity index (χ2n) is 8.51. The van der Waals surface area contributed by atoms with Crippen LogP contribution in [0.1, 0.15) is 45.5 Å². The van der Waals surface area contributed by atoms with Gasteiger partial charge in [0, 0.05) is 54.8 Å². The van der Waals surface area contributed by atoms with E-state index in [9.17, 15) is 9.59 Å². The summed E-state index contributed by atoms with van der Waals surface area (Å²) >= 11 is 0. The van der Waals surface area contributed by atoms with Crippen LogP contribution in [0, 0.1) is 0 Å². The van der Waals surface area contributed by atoms with Gasteiger partial charge in [-0.2, -0.15) is 0 Å². The zero-order valence-corrected chi connectivity index (χ0v) is 20.9. The van der Waals surface area contributed by atoms with Gasteiger partial charge >= 0.3 is 0 Å². The first-order chi connectivity index (χ1) is 18.0. The minimum absolute atomic E-state index is 0.104. The molecular formula is C28H30N6O3. The lowest BCUT2D eigenvalue weighted by Crippen LogP contribution is -2.26. The molecule has 1 unspecified atom stereocenters. The molecule has 0 spiro atoms. The molecule has 4 N–H and O–H groups in total. The van der Waals surface area contributed by atoms with E-state index in [0.29, 0.717) is 23.5 Å². The van der Waals surface area contributed by atoms with Gasteiger partial charge in [-0.1, -0.05) is 37.3 Å². The summed E-state index contributed by atoms with van der Waals surface area (Å²) in [6.45, 7) is 2.86. The Morgan fingerprint density at radius 2 is 1.81 bits per heavy atom. The Balaban J connectivity index is 1.51. The average Bonchev–Trinajstić information content (AvgIpc) is 2.95. The Morgan fingerprint density at radius 1 is 1.00 bits per heavy atom. The number of nitrogens with zero attached hydrogens (tertiary/aromatic N) is 3. The normalized spacial score (nSPS) is 11.6. The van der Waals surface area contributed by atoms with Crippen molar-refractivity contribution in [3.63, 3.8) is 0 Å². The van der Waals surface area contributed by atoms with E-state index in [1.807, 2.05) is 30.3 Å². The monoisotopic (exact) mass is 498 g/mol. The summed E-state index contributed by atoms with van der Waals surface area (Å²) in [5.41, 5.74) is 4.60. The first-order valence-electron chi connectivity index (χ1n) is 12.2. The van der Waals surface area contributed by atoms with Gasteiger partial charge in [0.2, 0.25) is 0 Å². The van der Waals surface area contributed by atoms with E-state index in [4.69, 9.17) is 5.11 Å². The smallest absolute Gasteiger partial charge is 0.251 e. The van der Waals surface area contributed by atoms with Gasteiger partial charge in [0.05, 0.1) is 23.4 Å². The van der Waals surface area contributed by atoms with Gasteiger partial charge in [-0.3, -0.25) is 14.6 Å². The predicted molar refractivity (Wildman–Crippen MR) is 144 cm³/mol. The molecule has 37 heavy (non-hydrogen) atoms. The summed E-state index contributed by atoms with van der Waals surface area (Å²) < 4.78 is 0. The molecule has 0 aliphatic carbocycles. The fraction of sp³-hybridized carbons (Fsp3) is 0.250. The van der Waals surface area contributed by atoms with E-state index in [2.05, 4.69) is 43.9 Å². The van der Waals surface area contributed by atoms with Gasteiger partial charge in [0.25, 0.3) is 11.8 Å². The first-order valence-corrected chi connectivity index (χ1v) is 12.2. The van der Waals surface area contributed by atoms with Crippen molar-refractivity contribution in [1.29, 1.82) is 0 Å². The van der Waals surface area contributed by atoms with E-state index in [-0.39, 0.29) is 30.9 Å². The molecule has 0 fully saturated rings. The third kappa shape index (κ3) is 5.90. The molecule has 9 nitrogen and oxygen atoms in total. The number of rotatable bonds is 10. The van der Waals surface area contributed by atoms with Crippen LogP contribution in [0.4, 0.5) is 5.82 Å². The standard InChI is InChI=1S/C28H30N6O3/c1-3-18(21-5-4-6-22-23(28(37)29-2)11-12-30-26(21)22)16-32-25-15-24(33-17-34-25)19-7-9-20(10-8-19)27(36)31-13-14-35/h4-12,15,17-18,35H,3,13-14,16H2,1-2H3,(H,29,37)(H,31,36)(H,32,33,34). The molecule has 2 aromatic heterocycles. The van der Waals surface area contributed by atoms with E-state index in [1.165, 1.54) is 6.33 Å². The molecular weight excluding hydrogens is 468 g/mol. The van der Waals surface area contributed by atoms with Crippen LogP contribution < -0.4 is 16.0 Å². The summed E-state index contributed by atoms with van der Waals surface area (Å²) in [4.78, 5) is 37.8. The number of hydrogen-bond donors (Lipinski definition) is 4. The maximum absolute atomic E-state index is 12.3. The Kier molecular flexibility index (Phi) is 8.37. The molecule has 4 rings (SSSR count). The topological polar surface area (TPSA) is 129 Å². The SMILES string of the molecule is CCC(CNc1cc(-c2ccc(C(=O)NCCO)cc2)ncn1)c1cccc2c(C(=O)NC)ccnc12. The fourth-order valence-electron chi connectivity index (χ4n) is 4.24. The quantitative estimate of drug-likeness (QED) is 0.264. The molecule has 0 aliphatic rings. The van der Waals surface area contributed by atoms with Crippen LogP contribution in [0.3, 0.4) is 0 Å². The van der Waals surface area contributed by atoms with E-state index in [0.717, 1.165) is 34.1 Å². The number of hydrogen-bond acceptors (Lipinski definition) is 7. The van der Waals surface area contributed by atoms with Crippen molar-refractivity contribution in [2.45, 2.75) is 19.3 Å². The van der Waals surface area contributed by atoms with Crippen molar-refractivity contribution in [3.05, 3.63) is 83.8 Å². The van der Waals surface area contributed by atoms with Crippen LogP contribution in [-0.4, -0.2) is 58.6 Å². The van der Waals surface area contributed by atoms with Crippen LogP contribution in [0.2, 0.25) is 0 Å². The summed E-state index contributed by atoms with van der Waals surface area (Å²) in [6, 6.07) is 16.7. The Labute approximate surface area is 215 Å². The minimum atomic E-state index is -0.235. The number of aliphatic hydroxyl groups excluding tert-OH is 1. The van der Waals surface area contributed by atoms with Gasteiger partial charge in [0.1, 0.15) is 12.1 Å². The number of para-hydroxylation sites is 1. The van der Waals surface area contributed by atoms with Crippen molar-refractivity contribution < 1.29 is 14.7 Å². The summed E-state index contributed by atoms with van der Waals surface area (Å²) in [5, 5.41) is 18.5. The number of nitrogens with one attached hydrogen (secondary N) is 3. The summed E-state index contributed by atoms with van der Waals surface area (Å²) in [7, 11) is 1.62. The molecule has 0 saturated carbocycles. The number of aliphatic hydroxyl groups is 1. The molecule has 2 heterocycles. The Bertz CT molecular complexity index is 1390. The Morgan fingerprint density at radius 3 is 2.54 bits per heavy atom. The maximum Gasteiger partial charge on any atom is 0.251 e. The molecule has 1 atom stereocenters. The lowest BCUT2D eigenvalue weighted by atomic mass is 9.92. The summed E-state index contributed by atoms with van der Waals surface area (Å²) in [5.74, 6) is 0.461. The van der Waals surface area contributed by atoms with E-state index < -0.39 is 0 Å². The van der Waals surface area contributed by atoms with Crippen LogP contribution in [0.25, 0.3) is 22.2 Å². The zero-order chi connectivity index (χ0) is 26.2. The van der Waals surface area contributed by atoms with Gasteiger partial charge in [-0.05, 0) is 30.2 Å². The van der Waals surface area contributed by atoms with Gasteiger partial charge in [0.15, 0.2) is 0 Å². The first kappa shape index (κ1) is 25.7. The van der Waals surface area contributed by atoms with Gasteiger partial charge in [-0.25, -0.2) is 9.97 Å². The second kappa shape index (κ2) is 12.0. The molecule has 2 aromatic carbocycles. The van der Waals surface area contributed by atoms with Crippen LogP contribution in [-0.2, 0) is 0 Å². The number of pyridine rings is 1. The third-order valence-electron chi connectivity index (χ3n) is 6.24. The molecule has 2 amide bonds. The molecule has 0 saturated heterocycles. The second-order valence-corrected chi connectivity index (χ2v) is 8.51. The van der Waals surface area contributed by atoms with Crippen molar-refractivity contribution in [2.75, 3.05) is 32.1 Å². The highest BCUT2D eigenvalue weighted by Gasteiger charge is 2.17. The average molecular weight is 499 g/mol. The number of fused-ring (bicyclic) bond motifs is 1. The highest BCUT2D eigenvalue weighted by Crippen LogP contribution is 2.29. The molecule has 0 bridgehead atoms. The van der Waals surface area contributed by atoms with Crippen molar-refractivity contribution in [3.8, 4) is 11.3 Å². The number of carbonyl (C=O) groups excluding carboxylic acids is 2. The fourth-order valence-corrected chi connectivity index (χ4v) is 4.24. The van der Waals surface area contributed by atoms with Gasteiger partial charge < -0.3 is 21.1 Å². The van der Waals surface area contributed by atoms with Gasteiger partial charge in [-0.15, -0.1) is 0 Å². The number of carbonyl (C=O) groups is 2. The molecule has 190 valence electrons. The Hall–Kier alpha value is -4.37. The van der Waals surface area contributed by atoms with E-state index >= 15 is 0 Å². The van der Waals surface area contributed by atoms with Crippen LogP contribution in [0.5, 0.6) is 0 Å². The minimum Gasteiger partial charge on any atom is -0.395 e. The maximum atomic E-state index is 12.3. The molecule has 9 heteroatoms. The molecule has 0 radical (unpaired) electrons. The van der Waals surface area contributed by atoms with E-state index in [1.54, 1.807) is 31.4 Å². The number of aromatic nitrogens is 3. The van der Waals surface area contributed by atoms with Crippen molar-refractivity contribution >= 4 is 28.5 Å². The van der Waals surface area contributed by atoms with Crippen molar-refractivity contribution in [1.82, 2.24) is 25.6 Å². The molecule has 0 aliphatic heterocycles.